The van der Waals surface area contributed by atoms with Gasteiger partial charge in [-0.25, -0.2) is 0 Å². The van der Waals surface area contributed by atoms with E-state index in [-0.39, 0.29) is 154 Å². The molecule has 7 heteroatoms. The first-order valence-electron chi connectivity index (χ1n) is 5.43. The van der Waals surface area contributed by atoms with Gasteiger partial charge in [0.05, 0.1) is 5.39 Å². The molecule has 0 aliphatic carbocycles. The molecule has 0 aliphatic heterocycles. The molecule has 0 bridgehead atoms. The van der Waals surface area contributed by atoms with Crippen molar-refractivity contribution in [2.24, 2.45) is 0 Å². The van der Waals surface area contributed by atoms with Crippen LogP contribution in [0, 0.1) is 0 Å². The second-order valence-corrected chi connectivity index (χ2v) is 3.84. The van der Waals surface area contributed by atoms with E-state index >= 15 is 0 Å². The van der Waals surface area contributed by atoms with Crippen molar-refractivity contribution in [3.05, 3.63) is 70.9 Å². The third-order valence-electron chi connectivity index (χ3n) is 2.69. The van der Waals surface area contributed by atoms with Crippen LogP contribution in [0.3, 0.4) is 0 Å². The Hall–Kier alpha value is 2.46. The molecule has 22 heavy (non-hydrogen) atoms. The average molecular weight is 447 g/mol. The predicted molar refractivity (Wildman–Crippen MR) is 85.2 cm³/mol. The molecule has 97 valence electrons. The summed E-state index contributed by atoms with van der Waals surface area (Å²) < 4.78 is 5.73. The summed E-state index contributed by atoms with van der Waals surface area (Å²) in [5.74, 6) is 0.606. The molecule has 0 saturated heterocycles. The minimum absolute atomic E-state index is 0. The Kier molecular flexibility index (Phi) is 19.4. The first-order valence-corrected chi connectivity index (χ1v) is 5.43. The Morgan fingerprint density at radius 2 is 1.41 bits per heavy atom. The summed E-state index contributed by atoms with van der Waals surface area (Å²) >= 11 is 0. The summed E-state index contributed by atoms with van der Waals surface area (Å²) in [6.45, 7) is 0. The quantitative estimate of drug-likeness (QED) is 0.537. The van der Waals surface area contributed by atoms with E-state index in [0.29, 0.717) is 16.7 Å². The van der Waals surface area contributed by atoms with Crippen molar-refractivity contribution in [3.63, 3.8) is 0 Å². The van der Waals surface area contributed by atoms with E-state index in [1.54, 1.807) is 6.07 Å². The normalized spacial score (nSPS) is 8.18. The second kappa shape index (κ2) is 14.6. The summed E-state index contributed by atoms with van der Waals surface area (Å²) in [6, 6.07) is 18.4. The van der Waals surface area contributed by atoms with Crippen LogP contribution in [0.1, 0.15) is 0 Å². The van der Waals surface area contributed by atoms with Gasteiger partial charge in [-0.05, 0) is 12.1 Å². The van der Waals surface area contributed by atoms with E-state index in [9.17, 15) is 4.79 Å². The van der Waals surface area contributed by atoms with Crippen LogP contribution >= 0.6 is 0 Å². The van der Waals surface area contributed by atoms with Crippen molar-refractivity contribution in [2.75, 3.05) is 0 Å². The SMILES string of the molecule is O=c1cc(-c2ccccc2)oc2ccccc12.[Ca].[Fe].[K].[Mg].[Zn]. The molecule has 0 aliphatic rings. The van der Waals surface area contributed by atoms with Gasteiger partial charge in [0, 0.05) is 160 Å². The van der Waals surface area contributed by atoms with Crippen molar-refractivity contribution in [1.82, 2.24) is 0 Å². The van der Waals surface area contributed by atoms with Crippen LogP contribution in [0.25, 0.3) is 22.3 Å². The molecular weight excluding hydrogens is 437 g/mol. The molecule has 0 spiro atoms. The number of hydrogen-bond acceptors (Lipinski definition) is 2. The first kappa shape index (κ1) is 29.2. The van der Waals surface area contributed by atoms with Gasteiger partial charge in [-0.2, -0.15) is 0 Å². The van der Waals surface area contributed by atoms with Crippen molar-refractivity contribution >= 4 is 123 Å². The smallest absolute Gasteiger partial charge is 0.193 e. The molecule has 0 unspecified atom stereocenters. The topological polar surface area (TPSA) is 30.2 Å². The van der Waals surface area contributed by atoms with E-state index in [1.807, 2.05) is 48.5 Å². The number of fused-ring (bicyclic) bond motifs is 1. The standard InChI is InChI=1S/C15H10O2.Ca.Fe.K.Mg.Zn/c16-13-10-15(11-6-2-1-3-7-11)17-14-9-5-4-8-12(13)14;;;;;/h1-10H;;;;;. The molecule has 3 aromatic rings. The van der Waals surface area contributed by atoms with Gasteiger partial charge in [0.1, 0.15) is 11.3 Å². The zero-order valence-electron chi connectivity index (χ0n) is 12.6. The number of benzene rings is 2. The van der Waals surface area contributed by atoms with Crippen LogP contribution in [0.15, 0.2) is 69.9 Å². The van der Waals surface area contributed by atoms with Gasteiger partial charge in [-0.3, -0.25) is 4.79 Å². The molecule has 0 N–H and O–H groups in total. The van der Waals surface area contributed by atoms with E-state index in [4.69, 9.17) is 4.42 Å². The van der Waals surface area contributed by atoms with Gasteiger partial charge in [-0.15, -0.1) is 0 Å². The number of para-hydroxylation sites is 1. The van der Waals surface area contributed by atoms with Crippen LogP contribution < -0.4 is 5.43 Å². The fourth-order valence-electron chi connectivity index (χ4n) is 1.85. The van der Waals surface area contributed by atoms with Crippen LogP contribution in [-0.2, 0) is 36.5 Å². The van der Waals surface area contributed by atoms with Crippen molar-refractivity contribution < 1.29 is 41.0 Å². The van der Waals surface area contributed by atoms with Crippen LogP contribution in [-0.4, -0.2) is 112 Å². The first-order chi connectivity index (χ1) is 8.34. The number of rotatable bonds is 1. The van der Waals surface area contributed by atoms with Gasteiger partial charge >= 0.3 is 0 Å². The van der Waals surface area contributed by atoms with Crippen LogP contribution in [0.2, 0.25) is 0 Å². The summed E-state index contributed by atoms with van der Waals surface area (Å²) in [4.78, 5) is 11.9. The van der Waals surface area contributed by atoms with E-state index in [1.165, 1.54) is 6.07 Å². The molecular formula is C15H10CaFeKMgO2Zn. The van der Waals surface area contributed by atoms with E-state index in [0.717, 1.165) is 5.56 Å². The average Bonchev–Trinajstić information content (AvgIpc) is 2.40. The van der Waals surface area contributed by atoms with Crippen molar-refractivity contribution in [2.45, 2.75) is 0 Å². The monoisotopic (exact) mass is 445 g/mol. The third kappa shape index (κ3) is 7.37. The Balaban J connectivity index is -0.000000722. The zero-order valence-corrected chi connectivity index (χ0v) is 23.4. The summed E-state index contributed by atoms with van der Waals surface area (Å²) in [7, 11) is 0. The van der Waals surface area contributed by atoms with Gasteiger partial charge in [0.2, 0.25) is 0 Å². The Labute approximate surface area is 241 Å². The maximum absolute atomic E-state index is 11.9. The Morgan fingerprint density at radius 1 is 0.864 bits per heavy atom. The molecule has 2 nitrogen and oxygen atoms in total. The van der Waals surface area contributed by atoms with Crippen molar-refractivity contribution in [3.8, 4) is 11.3 Å². The van der Waals surface area contributed by atoms with Gasteiger partial charge in [-0.1, -0.05) is 42.5 Å². The van der Waals surface area contributed by atoms with E-state index < -0.39 is 0 Å². The second-order valence-electron chi connectivity index (χ2n) is 3.84. The molecule has 0 atom stereocenters. The summed E-state index contributed by atoms with van der Waals surface area (Å²) in [6.07, 6.45) is 0. The minimum atomic E-state index is -0.00861. The number of hydrogen-bond donors (Lipinski definition) is 0. The van der Waals surface area contributed by atoms with Gasteiger partial charge < -0.3 is 4.42 Å². The molecule has 0 fully saturated rings. The molecule has 1 aromatic heterocycles. The molecule has 3 rings (SSSR count). The molecule has 0 amide bonds. The van der Waals surface area contributed by atoms with E-state index in [2.05, 4.69) is 0 Å². The molecule has 5 radical (unpaired) electrons. The maximum Gasteiger partial charge on any atom is 0.193 e. The summed E-state index contributed by atoms with van der Waals surface area (Å²) in [5.41, 5.74) is 1.53. The fourth-order valence-corrected chi connectivity index (χ4v) is 1.85. The van der Waals surface area contributed by atoms with Crippen LogP contribution in [0.4, 0.5) is 0 Å². The Morgan fingerprint density at radius 3 is 2.05 bits per heavy atom. The Bertz CT molecular complexity index is 740. The van der Waals surface area contributed by atoms with Crippen molar-refractivity contribution in [1.29, 1.82) is 0 Å². The van der Waals surface area contributed by atoms with Gasteiger partial charge in [0.15, 0.2) is 5.43 Å². The summed E-state index contributed by atoms with van der Waals surface area (Å²) in [5, 5.41) is 0.618. The molecule has 2 aromatic carbocycles. The zero-order chi connectivity index (χ0) is 11.7. The molecule has 0 saturated carbocycles. The third-order valence-corrected chi connectivity index (χ3v) is 2.69. The minimum Gasteiger partial charge on any atom is -0.456 e. The largest absolute Gasteiger partial charge is 0.456 e. The predicted octanol–water partition coefficient (Wildman–Crippen LogP) is 2.31. The molecule has 1 heterocycles. The van der Waals surface area contributed by atoms with Gasteiger partial charge in [0.25, 0.3) is 0 Å². The van der Waals surface area contributed by atoms with Crippen LogP contribution in [0.5, 0.6) is 0 Å². The fraction of sp³-hybridized carbons (Fsp3) is 0. The maximum atomic E-state index is 11.9.